The summed E-state index contributed by atoms with van der Waals surface area (Å²) in [7, 11) is 0. The van der Waals surface area contributed by atoms with Crippen LogP contribution in [0.2, 0.25) is 0 Å². The van der Waals surface area contributed by atoms with E-state index in [4.69, 9.17) is 0 Å². The van der Waals surface area contributed by atoms with Crippen molar-refractivity contribution in [3.63, 3.8) is 0 Å². The molecule has 0 radical (unpaired) electrons. The summed E-state index contributed by atoms with van der Waals surface area (Å²) >= 11 is 0. The summed E-state index contributed by atoms with van der Waals surface area (Å²) in [6.07, 6.45) is 1.52. The van der Waals surface area contributed by atoms with Crippen molar-refractivity contribution in [2.45, 2.75) is 6.92 Å². The third-order valence-corrected chi connectivity index (χ3v) is 3.72. The molecule has 106 valence electrons. The van der Waals surface area contributed by atoms with Gasteiger partial charge in [-0.2, -0.15) is 0 Å². The van der Waals surface area contributed by atoms with Gasteiger partial charge < -0.3 is 0 Å². The molecule has 2 heterocycles. The van der Waals surface area contributed by atoms with E-state index in [-0.39, 0.29) is 5.56 Å². The average molecular weight is 288 g/mol. The summed E-state index contributed by atoms with van der Waals surface area (Å²) in [6, 6.07) is 15.1. The van der Waals surface area contributed by atoms with Crippen LogP contribution < -0.4 is 5.56 Å². The predicted molar refractivity (Wildman–Crippen MR) is 84.7 cm³/mol. The van der Waals surface area contributed by atoms with Crippen molar-refractivity contribution in [1.82, 2.24) is 19.6 Å². The quantitative estimate of drug-likeness (QED) is 0.505. The van der Waals surface area contributed by atoms with Gasteiger partial charge in [-0.25, -0.2) is 9.38 Å². The molecule has 2 aromatic carbocycles. The van der Waals surface area contributed by atoms with E-state index in [1.807, 2.05) is 55.5 Å². The molecule has 0 amide bonds. The smallest absolute Gasteiger partial charge is 0.266 e. The number of benzene rings is 2. The van der Waals surface area contributed by atoms with Gasteiger partial charge in [0.05, 0.1) is 5.52 Å². The molecule has 0 unspecified atom stereocenters. The average Bonchev–Trinajstić information content (AvgIpc) is 2.56. The van der Waals surface area contributed by atoms with E-state index >= 15 is 0 Å². The zero-order chi connectivity index (χ0) is 15.1. The Morgan fingerprint density at radius 1 is 0.955 bits per heavy atom. The van der Waals surface area contributed by atoms with Gasteiger partial charge in [0, 0.05) is 10.9 Å². The SMILES string of the molecule is Cc1cccc2c1ncn1c(=O)c(-c3ccccc3)nnc21. The van der Waals surface area contributed by atoms with Crippen molar-refractivity contribution in [2.24, 2.45) is 0 Å². The zero-order valence-corrected chi connectivity index (χ0v) is 11.9. The summed E-state index contributed by atoms with van der Waals surface area (Å²) in [5.74, 6) is 0. The van der Waals surface area contributed by atoms with Gasteiger partial charge in [-0.05, 0) is 18.6 Å². The maximum absolute atomic E-state index is 12.7. The number of rotatable bonds is 1. The molecule has 0 spiro atoms. The Hall–Kier alpha value is -3.08. The van der Waals surface area contributed by atoms with E-state index in [9.17, 15) is 4.79 Å². The Morgan fingerprint density at radius 3 is 2.59 bits per heavy atom. The first-order valence-electron chi connectivity index (χ1n) is 6.94. The number of fused-ring (bicyclic) bond motifs is 3. The summed E-state index contributed by atoms with van der Waals surface area (Å²) in [4.78, 5) is 17.1. The molecule has 0 saturated heterocycles. The molecule has 0 fully saturated rings. The standard InChI is InChI=1S/C17H12N4O/c1-11-6-5-9-13-14(11)18-10-21-16(13)20-19-15(17(21)22)12-7-3-2-4-8-12/h2-10H,1H3. The molecule has 22 heavy (non-hydrogen) atoms. The van der Waals surface area contributed by atoms with Gasteiger partial charge in [-0.1, -0.05) is 42.5 Å². The minimum absolute atomic E-state index is 0.216. The molecule has 4 aromatic rings. The molecule has 5 heteroatoms. The zero-order valence-electron chi connectivity index (χ0n) is 11.9. The van der Waals surface area contributed by atoms with E-state index in [0.29, 0.717) is 11.3 Å². The van der Waals surface area contributed by atoms with Crippen LogP contribution in [0.1, 0.15) is 5.56 Å². The molecule has 4 rings (SSSR count). The second-order valence-electron chi connectivity index (χ2n) is 5.13. The second kappa shape index (κ2) is 4.73. The van der Waals surface area contributed by atoms with Gasteiger partial charge in [0.1, 0.15) is 6.33 Å². The lowest BCUT2D eigenvalue weighted by molar-refractivity contribution is 0.930. The highest BCUT2D eigenvalue weighted by Crippen LogP contribution is 2.19. The third-order valence-electron chi connectivity index (χ3n) is 3.72. The number of hydrogen-bond acceptors (Lipinski definition) is 4. The third kappa shape index (κ3) is 1.79. The van der Waals surface area contributed by atoms with Crippen LogP contribution in [0.4, 0.5) is 0 Å². The summed E-state index contributed by atoms with van der Waals surface area (Å²) in [5.41, 5.74) is 3.26. The molecular weight excluding hydrogens is 276 g/mol. The van der Waals surface area contributed by atoms with Crippen LogP contribution in [0.5, 0.6) is 0 Å². The van der Waals surface area contributed by atoms with Crippen LogP contribution in [0.3, 0.4) is 0 Å². The molecule has 0 aliphatic rings. The Labute approximate surface area is 125 Å². The van der Waals surface area contributed by atoms with Crippen molar-refractivity contribution < 1.29 is 0 Å². The number of aryl methyl sites for hydroxylation is 1. The predicted octanol–water partition coefficient (Wildman–Crippen LogP) is 2.61. The Balaban J connectivity index is 2.09. The van der Waals surface area contributed by atoms with Crippen molar-refractivity contribution in [1.29, 1.82) is 0 Å². The van der Waals surface area contributed by atoms with Crippen molar-refractivity contribution in [3.8, 4) is 11.3 Å². The van der Waals surface area contributed by atoms with Gasteiger partial charge in [0.25, 0.3) is 5.56 Å². The van der Waals surface area contributed by atoms with Crippen LogP contribution in [0.25, 0.3) is 27.8 Å². The molecule has 0 aliphatic carbocycles. The van der Waals surface area contributed by atoms with Crippen LogP contribution in [0.15, 0.2) is 59.7 Å². The summed E-state index contributed by atoms with van der Waals surface area (Å²) in [6.45, 7) is 1.98. The molecule has 2 aromatic heterocycles. The first kappa shape index (κ1) is 12.6. The minimum atomic E-state index is -0.216. The molecule has 0 aliphatic heterocycles. The van der Waals surface area contributed by atoms with E-state index in [1.165, 1.54) is 10.7 Å². The highest BCUT2D eigenvalue weighted by molar-refractivity contribution is 5.92. The second-order valence-corrected chi connectivity index (χ2v) is 5.13. The molecule has 5 nitrogen and oxygen atoms in total. The molecule has 0 N–H and O–H groups in total. The van der Waals surface area contributed by atoms with E-state index in [1.54, 1.807) is 0 Å². The minimum Gasteiger partial charge on any atom is -0.266 e. The first-order chi connectivity index (χ1) is 10.8. The topological polar surface area (TPSA) is 60.2 Å². The summed E-state index contributed by atoms with van der Waals surface area (Å²) in [5, 5.41) is 9.23. The van der Waals surface area contributed by atoms with Crippen molar-refractivity contribution >= 4 is 16.6 Å². The lowest BCUT2D eigenvalue weighted by atomic mass is 10.1. The fourth-order valence-electron chi connectivity index (χ4n) is 2.59. The van der Waals surface area contributed by atoms with Crippen molar-refractivity contribution in [2.75, 3.05) is 0 Å². The van der Waals surface area contributed by atoms with E-state index in [0.717, 1.165) is 22.0 Å². The molecular formula is C17H12N4O. The highest BCUT2D eigenvalue weighted by Gasteiger charge is 2.12. The van der Waals surface area contributed by atoms with Gasteiger partial charge >= 0.3 is 0 Å². The number of nitrogens with zero attached hydrogens (tertiary/aromatic N) is 4. The van der Waals surface area contributed by atoms with Gasteiger partial charge in [0.15, 0.2) is 11.3 Å². The largest absolute Gasteiger partial charge is 0.285 e. The number of para-hydroxylation sites is 1. The maximum atomic E-state index is 12.7. The lowest BCUT2D eigenvalue weighted by Gasteiger charge is -2.06. The fourth-order valence-corrected chi connectivity index (χ4v) is 2.59. The fraction of sp³-hybridized carbons (Fsp3) is 0.0588. The highest BCUT2D eigenvalue weighted by atomic mass is 16.1. The normalized spacial score (nSPS) is 11.1. The Bertz CT molecular complexity index is 1050. The Morgan fingerprint density at radius 2 is 1.77 bits per heavy atom. The van der Waals surface area contributed by atoms with Crippen LogP contribution in [-0.2, 0) is 0 Å². The van der Waals surface area contributed by atoms with Crippen molar-refractivity contribution in [3.05, 3.63) is 70.8 Å². The van der Waals surface area contributed by atoms with Crippen LogP contribution in [0, 0.1) is 6.92 Å². The van der Waals surface area contributed by atoms with E-state index < -0.39 is 0 Å². The molecule has 0 saturated carbocycles. The van der Waals surface area contributed by atoms with E-state index in [2.05, 4.69) is 15.2 Å². The molecule has 0 atom stereocenters. The maximum Gasteiger partial charge on any atom is 0.285 e. The Kier molecular flexibility index (Phi) is 2.72. The lowest BCUT2D eigenvalue weighted by Crippen LogP contribution is -2.19. The van der Waals surface area contributed by atoms with Gasteiger partial charge in [0.2, 0.25) is 0 Å². The first-order valence-corrected chi connectivity index (χ1v) is 6.94. The van der Waals surface area contributed by atoms with Crippen LogP contribution in [-0.4, -0.2) is 19.6 Å². The van der Waals surface area contributed by atoms with Gasteiger partial charge in [-0.15, -0.1) is 10.2 Å². The van der Waals surface area contributed by atoms with Gasteiger partial charge in [-0.3, -0.25) is 4.79 Å². The van der Waals surface area contributed by atoms with Crippen LogP contribution >= 0.6 is 0 Å². The number of hydrogen-bond donors (Lipinski definition) is 0. The molecule has 0 bridgehead atoms. The summed E-state index contributed by atoms with van der Waals surface area (Å²) < 4.78 is 1.46. The number of aromatic nitrogens is 4. The monoisotopic (exact) mass is 288 g/mol.